The number of aliphatic hydroxyl groups excluding tert-OH is 1. The summed E-state index contributed by atoms with van der Waals surface area (Å²) < 4.78 is 20.0. The average Bonchev–Trinajstić information content (AvgIpc) is 3.73. The van der Waals surface area contributed by atoms with Gasteiger partial charge in [-0.1, -0.05) is 176 Å². The van der Waals surface area contributed by atoms with Gasteiger partial charge in [-0.15, -0.1) is 0 Å². The Balaban J connectivity index is 0.983. The molecule has 0 aliphatic carbocycles. The van der Waals surface area contributed by atoms with Crippen LogP contribution in [0.3, 0.4) is 0 Å². The van der Waals surface area contributed by atoms with E-state index in [0.717, 1.165) is 61.5 Å². The van der Waals surface area contributed by atoms with E-state index < -0.39 is 6.29 Å². The van der Waals surface area contributed by atoms with Gasteiger partial charge in [0, 0.05) is 41.5 Å². The van der Waals surface area contributed by atoms with Crippen molar-refractivity contribution in [1.82, 2.24) is 15.6 Å². The van der Waals surface area contributed by atoms with Crippen LogP contribution < -0.4 is 10.6 Å². The highest BCUT2D eigenvalue weighted by atomic mass is 32.2. The number of carbonyl (C=O) groups excluding carboxylic acids is 1. The van der Waals surface area contributed by atoms with Crippen LogP contribution in [-0.2, 0) is 29.2 Å². The van der Waals surface area contributed by atoms with Gasteiger partial charge in [-0.3, -0.25) is 0 Å². The number of oxazole rings is 1. The lowest BCUT2D eigenvalue weighted by molar-refractivity contribution is -0.268. The molecule has 0 bridgehead atoms. The number of rotatable bonds is 13. The highest BCUT2D eigenvalue weighted by molar-refractivity contribution is 7.99. The normalized spacial score (nSPS) is 17.8. The second kappa shape index (κ2) is 18.5. The number of benzene rings is 6. The van der Waals surface area contributed by atoms with Crippen LogP contribution in [0.5, 0.6) is 0 Å². The first-order valence-corrected chi connectivity index (χ1v) is 20.5. The van der Waals surface area contributed by atoms with Gasteiger partial charge in [0.2, 0.25) is 0 Å². The Morgan fingerprint density at radius 1 is 0.638 bits per heavy atom. The summed E-state index contributed by atoms with van der Waals surface area (Å²) in [5.74, 6) is 1.33. The highest BCUT2D eigenvalue weighted by Gasteiger charge is 2.38. The summed E-state index contributed by atoms with van der Waals surface area (Å²) >= 11 is 1.54. The van der Waals surface area contributed by atoms with Crippen molar-refractivity contribution in [3.8, 4) is 33.7 Å². The molecule has 0 spiro atoms. The zero-order chi connectivity index (χ0) is 39.7. The Labute approximate surface area is 343 Å². The van der Waals surface area contributed by atoms with Gasteiger partial charge in [-0.25, -0.2) is 9.78 Å². The predicted molar refractivity (Wildman–Crippen MR) is 228 cm³/mol. The number of thioether (sulfide) groups is 1. The van der Waals surface area contributed by atoms with Crippen LogP contribution in [0.2, 0.25) is 0 Å². The van der Waals surface area contributed by atoms with Crippen molar-refractivity contribution >= 4 is 17.8 Å². The molecule has 292 valence electrons. The second-order valence-electron chi connectivity index (χ2n) is 14.4. The van der Waals surface area contributed by atoms with E-state index in [-0.39, 0.29) is 30.8 Å². The maximum Gasteiger partial charge on any atom is 0.315 e. The topological polar surface area (TPSA) is 106 Å². The highest BCUT2D eigenvalue weighted by Crippen LogP contribution is 2.44. The largest absolute Gasteiger partial charge is 0.431 e. The molecular formula is C49H45N3O5S. The summed E-state index contributed by atoms with van der Waals surface area (Å²) in [6, 6.07) is 54.2. The van der Waals surface area contributed by atoms with Crippen molar-refractivity contribution < 1.29 is 23.8 Å². The number of ether oxygens (including phenoxy) is 2. The second-order valence-corrected chi connectivity index (χ2v) is 15.3. The molecular weight excluding hydrogens is 743 g/mol. The molecule has 2 heterocycles. The molecule has 1 aromatic heterocycles. The van der Waals surface area contributed by atoms with Gasteiger partial charge in [0.1, 0.15) is 5.69 Å². The van der Waals surface area contributed by atoms with Gasteiger partial charge in [0.15, 0.2) is 12.1 Å². The Kier molecular flexibility index (Phi) is 12.4. The Bertz CT molecular complexity index is 2330. The number of aliphatic hydroxyl groups is 1. The number of amides is 2. The first-order chi connectivity index (χ1) is 28.5. The zero-order valence-electron chi connectivity index (χ0n) is 32.2. The van der Waals surface area contributed by atoms with Crippen LogP contribution in [0.15, 0.2) is 173 Å². The molecule has 2 amide bonds. The molecule has 3 N–H and O–H groups in total. The fourth-order valence-electron chi connectivity index (χ4n) is 7.12. The lowest BCUT2D eigenvalue weighted by Crippen LogP contribution is -2.38. The predicted octanol–water partition coefficient (Wildman–Crippen LogP) is 10.8. The molecule has 1 aliphatic rings. The van der Waals surface area contributed by atoms with Crippen LogP contribution in [0, 0.1) is 5.92 Å². The fraction of sp³-hybridized carbons (Fsp3) is 0.184. The minimum Gasteiger partial charge on any atom is -0.431 e. The van der Waals surface area contributed by atoms with E-state index in [4.69, 9.17) is 18.9 Å². The Morgan fingerprint density at radius 2 is 1.24 bits per heavy atom. The molecule has 4 unspecified atom stereocenters. The Morgan fingerprint density at radius 3 is 1.93 bits per heavy atom. The minimum absolute atomic E-state index is 0.00285. The third kappa shape index (κ3) is 9.41. The molecule has 9 heteroatoms. The van der Waals surface area contributed by atoms with Crippen molar-refractivity contribution in [2.75, 3.05) is 5.75 Å². The quantitative estimate of drug-likeness (QED) is 0.0999. The summed E-state index contributed by atoms with van der Waals surface area (Å²) in [7, 11) is 0. The van der Waals surface area contributed by atoms with E-state index >= 15 is 0 Å². The smallest absolute Gasteiger partial charge is 0.315 e. The molecule has 1 fully saturated rings. The molecule has 4 atom stereocenters. The van der Waals surface area contributed by atoms with Crippen LogP contribution in [0.25, 0.3) is 33.7 Å². The number of nitrogens with one attached hydrogen (secondary N) is 2. The van der Waals surface area contributed by atoms with Gasteiger partial charge < -0.3 is 29.6 Å². The first kappa shape index (κ1) is 38.9. The molecule has 6 aromatic carbocycles. The van der Waals surface area contributed by atoms with Crippen LogP contribution in [0.4, 0.5) is 4.79 Å². The van der Waals surface area contributed by atoms with Gasteiger partial charge in [-0.05, 0) is 39.4 Å². The maximum absolute atomic E-state index is 12.5. The van der Waals surface area contributed by atoms with Gasteiger partial charge in [0.05, 0.1) is 18.8 Å². The van der Waals surface area contributed by atoms with Crippen LogP contribution >= 0.6 is 11.8 Å². The number of carbonyl (C=O) groups is 1. The fourth-order valence-corrected chi connectivity index (χ4v) is 8.11. The number of urea groups is 1. The Hall–Kier alpha value is -5.97. The monoisotopic (exact) mass is 787 g/mol. The summed E-state index contributed by atoms with van der Waals surface area (Å²) in [4.78, 5) is 17.5. The van der Waals surface area contributed by atoms with Crippen molar-refractivity contribution in [3.05, 3.63) is 192 Å². The van der Waals surface area contributed by atoms with Gasteiger partial charge in [0.25, 0.3) is 5.22 Å². The molecule has 0 radical (unpaired) electrons. The molecule has 8 rings (SSSR count). The summed E-state index contributed by atoms with van der Waals surface area (Å²) in [5, 5.41) is 16.2. The standard InChI is InChI=1S/C49H45N3O5S/c1-33-43(32-58-49-52-44(38-15-7-3-8-16-38)46(57-49)39-17-9-4-10-18-39)55-47(56-45(33)40-22-20-35(31-53)21-23-40)41-26-24-37(25-27-41)42-19-11-14-36(28-42)30-51-48(54)50-29-34-12-5-2-6-13-34/h2-28,33,43,45,47,53H,29-32H2,1H3,(H2,50,51,54). The molecule has 7 aromatic rings. The number of nitrogens with zero attached hydrogens (tertiary/aromatic N) is 1. The van der Waals surface area contributed by atoms with Crippen molar-refractivity contribution in [3.63, 3.8) is 0 Å². The van der Waals surface area contributed by atoms with E-state index in [1.165, 1.54) is 0 Å². The molecule has 0 saturated carbocycles. The molecule has 8 nitrogen and oxygen atoms in total. The summed E-state index contributed by atoms with van der Waals surface area (Å²) in [6.45, 7) is 3.01. The third-order valence-electron chi connectivity index (χ3n) is 10.4. The van der Waals surface area contributed by atoms with E-state index in [2.05, 4.69) is 54.0 Å². The van der Waals surface area contributed by atoms with Crippen molar-refractivity contribution in [2.45, 2.75) is 50.3 Å². The molecule has 58 heavy (non-hydrogen) atoms. The van der Waals surface area contributed by atoms with Crippen molar-refractivity contribution in [1.29, 1.82) is 0 Å². The number of aromatic nitrogens is 1. The summed E-state index contributed by atoms with van der Waals surface area (Å²) in [6.07, 6.45) is -1.07. The van der Waals surface area contributed by atoms with E-state index in [0.29, 0.717) is 24.1 Å². The summed E-state index contributed by atoms with van der Waals surface area (Å²) in [5.41, 5.74) is 9.68. The van der Waals surface area contributed by atoms with Crippen LogP contribution in [0.1, 0.15) is 47.1 Å². The lowest BCUT2D eigenvalue weighted by Gasteiger charge is -2.41. The van der Waals surface area contributed by atoms with Gasteiger partial charge in [-0.2, -0.15) is 0 Å². The van der Waals surface area contributed by atoms with Crippen molar-refractivity contribution in [2.24, 2.45) is 5.92 Å². The first-order valence-electron chi connectivity index (χ1n) is 19.5. The molecule has 1 aliphatic heterocycles. The third-order valence-corrected chi connectivity index (χ3v) is 11.3. The molecule has 1 saturated heterocycles. The zero-order valence-corrected chi connectivity index (χ0v) is 33.0. The maximum atomic E-state index is 12.5. The van der Waals surface area contributed by atoms with E-state index in [1.54, 1.807) is 11.8 Å². The van der Waals surface area contributed by atoms with Gasteiger partial charge >= 0.3 is 6.03 Å². The minimum atomic E-state index is -0.618. The number of hydrogen-bond acceptors (Lipinski definition) is 7. The average molecular weight is 788 g/mol. The lowest BCUT2D eigenvalue weighted by atomic mass is 9.91. The van der Waals surface area contributed by atoms with E-state index in [9.17, 15) is 9.90 Å². The SMILES string of the molecule is CC1C(CSc2nc(-c3ccccc3)c(-c3ccccc3)o2)OC(c2ccc(-c3cccc(CNC(=O)NCc4ccccc4)c3)cc2)OC1c1ccc(CO)cc1. The van der Waals surface area contributed by atoms with E-state index in [1.807, 2.05) is 127 Å². The van der Waals surface area contributed by atoms with Crippen LogP contribution in [-0.4, -0.2) is 28.0 Å². The number of hydrogen-bond donors (Lipinski definition) is 3.